The Kier molecular flexibility index (Phi) is 6.85. The third-order valence-electron chi connectivity index (χ3n) is 5.07. The number of piperidine rings is 2. The van der Waals surface area contributed by atoms with Gasteiger partial charge in [0, 0.05) is 44.6 Å². The van der Waals surface area contributed by atoms with Crippen LogP contribution in [0, 0.1) is 11.3 Å². The fraction of sp³-hybridized carbons (Fsp3) is 0.842. The van der Waals surface area contributed by atoms with Crippen LogP contribution in [0.15, 0.2) is 0 Å². The number of rotatable bonds is 4. The highest BCUT2D eigenvalue weighted by atomic mass is 16.2. The second-order valence-corrected chi connectivity index (χ2v) is 8.32. The first kappa shape index (κ1) is 19.7. The van der Waals surface area contributed by atoms with Gasteiger partial charge in [-0.05, 0) is 32.1 Å². The number of nitrogens with zero attached hydrogens (tertiary/aromatic N) is 2. The van der Waals surface area contributed by atoms with E-state index >= 15 is 0 Å². The summed E-state index contributed by atoms with van der Waals surface area (Å²) in [7, 11) is 0. The van der Waals surface area contributed by atoms with Gasteiger partial charge in [-0.2, -0.15) is 0 Å². The molecule has 0 spiro atoms. The molecule has 1 atom stereocenters. The molecule has 6 nitrogen and oxygen atoms in total. The highest BCUT2D eigenvalue weighted by Gasteiger charge is 2.33. The van der Waals surface area contributed by atoms with Crippen molar-refractivity contribution in [1.29, 1.82) is 0 Å². The van der Waals surface area contributed by atoms with Gasteiger partial charge in [-0.3, -0.25) is 14.4 Å². The molecule has 1 unspecified atom stereocenters. The van der Waals surface area contributed by atoms with Crippen LogP contribution in [0.2, 0.25) is 0 Å². The molecule has 0 aromatic heterocycles. The molecule has 2 aliphatic rings. The molecule has 3 amide bonds. The number of nitrogens with one attached hydrogen (secondary N) is 1. The minimum absolute atomic E-state index is 0.0298. The predicted octanol–water partition coefficient (Wildman–Crippen LogP) is 1.79. The molecular formula is C19H33N3O3. The molecule has 2 saturated heterocycles. The molecule has 2 heterocycles. The Morgan fingerprint density at radius 1 is 0.960 bits per heavy atom. The van der Waals surface area contributed by atoms with E-state index in [1.165, 1.54) is 6.42 Å². The maximum atomic E-state index is 12.4. The molecule has 0 aromatic rings. The number of likely N-dealkylation sites (tertiary alicyclic amines) is 2. The van der Waals surface area contributed by atoms with Gasteiger partial charge in [0.2, 0.25) is 17.7 Å². The Labute approximate surface area is 151 Å². The number of carbonyl (C=O) groups excluding carboxylic acids is 3. The van der Waals surface area contributed by atoms with E-state index in [0.717, 1.165) is 45.3 Å². The molecule has 6 heteroatoms. The van der Waals surface area contributed by atoms with Gasteiger partial charge in [-0.1, -0.05) is 20.8 Å². The van der Waals surface area contributed by atoms with Gasteiger partial charge in [0.25, 0.3) is 0 Å². The van der Waals surface area contributed by atoms with Crippen molar-refractivity contribution in [2.24, 2.45) is 11.3 Å². The van der Waals surface area contributed by atoms with Crippen LogP contribution in [0.4, 0.5) is 0 Å². The van der Waals surface area contributed by atoms with Crippen LogP contribution in [0.5, 0.6) is 0 Å². The lowest BCUT2D eigenvalue weighted by atomic mass is 9.91. The fourth-order valence-corrected chi connectivity index (χ4v) is 3.59. The number of hydrogen-bond donors (Lipinski definition) is 1. The lowest BCUT2D eigenvalue weighted by molar-refractivity contribution is -0.142. The normalized spacial score (nSPS) is 21.8. The average molecular weight is 351 g/mol. The summed E-state index contributed by atoms with van der Waals surface area (Å²) in [6.45, 7) is 9.02. The second kappa shape index (κ2) is 8.68. The van der Waals surface area contributed by atoms with Crippen molar-refractivity contribution in [1.82, 2.24) is 15.1 Å². The van der Waals surface area contributed by atoms with Gasteiger partial charge in [0.05, 0.1) is 5.92 Å². The van der Waals surface area contributed by atoms with Gasteiger partial charge in [0.15, 0.2) is 0 Å². The SMILES string of the molecule is CC(C)(C)C(=O)N1CCCC(C(=O)NCCC(=O)N2CCCCC2)C1. The lowest BCUT2D eigenvalue weighted by Gasteiger charge is -2.36. The number of carbonyl (C=O) groups is 3. The molecule has 0 radical (unpaired) electrons. The second-order valence-electron chi connectivity index (χ2n) is 8.32. The van der Waals surface area contributed by atoms with E-state index < -0.39 is 5.41 Å². The van der Waals surface area contributed by atoms with Crippen molar-refractivity contribution < 1.29 is 14.4 Å². The molecule has 0 bridgehead atoms. The summed E-state index contributed by atoms with van der Waals surface area (Å²) >= 11 is 0. The Morgan fingerprint density at radius 3 is 2.24 bits per heavy atom. The van der Waals surface area contributed by atoms with Crippen molar-refractivity contribution in [3.63, 3.8) is 0 Å². The summed E-state index contributed by atoms with van der Waals surface area (Å²) in [6, 6.07) is 0. The third-order valence-corrected chi connectivity index (χ3v) is 5.07. The van der Waals surface area contributed by atoms with E-state index in [1.807, 2.05) is 30.6 Å². The van der Waals surface area contributed by atoms with Gasteiger partial charge in [-0.15, -0.1) is 0 Å². The zero-order valence-corrected chi connectivity index (χ0v) is 16.0. The van der Waals surface area contributed by atoms with Crippen molar-refractivity contribution in [3.8, 4) is 0 Å². The Hall–Kier alpha value is -1.59. The zero-order valence-electron chi connectivity index (χ0n) is 16.0. The molecular weight excluding hydrogens is 318 g/mol. The number of amides is 3. The monoisotopic (exact) mass is 351 g/mol. The smallest absolute Gasteiger partial charge is 0.227 e. The van der Waals surface area contributed by atoms with Crippen molar-refractivity contribution >= 4 is 17.7 Å². The van der Waals surface area contributed by atoms with Crippen LogP contribution in [0.25, 0.3) is 0 Å². The average Bonchev–Trinajstić information content (AvgIpc) is 2.61. The molecule has 0 aromatic carbocycles. The van der Waals surface area contributed by atoms with Crippen molar-refractivity contribution in [3.05, 3.63) is 0 Å². The largest absolute Gasteiger partial charge is 0.355 e. The van der Waals surface area contributed by atoms with E-state index in [2.05, 4.69) is 5.32 Å². The first-order valence-corrected chi connectivity index (χ1v) is 9.64. The molecule has 142 valence electrons. The highest BCUT2D eigenvalue weighted by Crippen LogP contribution is 2.23. The first-order chi connectivity index (χ1) is 11.8. The Balaban J connectivity index is 1.74. The Bertz CT molecular complexity index is 493. The van der Waals surface area contributed by atoms with E-state index in [-0.39, 0.29) is 23.6 Å². The molecule has 0 aliphatic carbocycles. The highest BCUT2D eigenvalue weighted by molar-refractivity contribution is 5.84. The molecule has 25 heavy (non-hydrogen) atoms. The third kappa shape index (κ3) is 5.72. The summed E-state index contributed by atoms with van der Waals surface area (Å²) in [4.78, 5) is 40.7. The standard InChI is InChI=1S/C19H33N3O3/c1-19(2,3)18(25)22-13-7-8-15(14-22)17(24)20-10-9-16(23)21-11-5-4-6-12-21/h15H,4-14H2,1-3H3,(H,20,24). The van der Waals surface area contributed by atoms with Crippen molar-refractivity contribution in [2.75, 3.05) is 32.7 Å². The zero-order chi connectivity index (χ0) is 18.4. The van der Waals surface area contributed by atoms with Crippen LogP contribution < -0.4 is 5.32 Å². The van der Waals surface area contributed by atoms with Crippen molar-refractivity contribution in [2.45, 2.75) is 59.3 Å². The van der Waals surface area contributed by atoms with Crippen LogP contribution in [-0.2, 0) is 14.4 Å². The van der Waals surface area contributed by atoms with Gasteiger partial charge < -0.3 is 15.1 Å². The van der Waals surface area contributed by atoms with Gasteiger partial charge in [-0.25, -0.2) is 0 Å². The quantitative estimate of drug-likeness (QED) is 0.839. The maximum absolute atomic E-state index is 12.4. The predicted molar refractivity (Wildman–Crippen MR) is 96.8 cm³/mol. The molecule has 2 aliphatic heterocycles. The summed E-state index contributed by atoms with van der Waals surface area (Å²) in [5.41, 5.74) is -0.417. The fourth-order valence-electron chi connectivity index (χ4n) is 3.59. The summed E-state index contributed by atoms with van der Waals surface area (Å²) in [5, 5.41) is 2.90. The summed E-state index contributed by atoms with van der Waals surface area (Å²) in [5.74, 6) is 0.0430. The van der Waals surface area contributed by atoms with E-state index in [1.54, 1.807) is 0 Å². The minimum atomic E-state index is -0.417. The Morgan fingerprint density at radius 2 is 1.60 bits per heavy atom. The summed E-state index contributed by atoms with van der Waals surface area (Å²) < 4.78 is 0. The van der Waals surface area contributed by atoms with E-state index in [9.17, 15) is 14.4 Å². The van der Waals surface area contributed by atoms with E-state index in [0.29, 0.717) is 19.5 Å². The number of hydrogen-bond acceptors (Lipinski definition) is 3. The van der Waals surface area contributed by atoms with E-state index in [4.69, 9.17) is 0 Å². The molecule has 0 saturated carbocycles. The topological polar surface area (TPSA) is 69.7 Å². The molecule has 2 rings (SSSR count). The molecule has 1 N–H and O–H groups in total. The summed E-state index contributed by atoms with van der Waals surface area (Å²) in [6.07, 6.45) is 5.39. The molecule has 2 fully saturated rings. The minimum Gasteiger partial charge on any atom is -0.355 e. The van der Waals surface area contributed by atoms with Crippen LogP contribution in [0.3, 0.4) is 0 Å². The van der Waals surface area contributed by atoms with Crippen LogP contribution in [0.1, 0.15) is 59.3 Å². The van der Waals surface area contributed by atoms with Crippen LogP contribution >= 0.6 is 0 Å². The first-order valence-electron chi connectivity index (χ1n) is 9.64. The van der Waals surface area contributed by atoms with Gasteiger partial charge in [0.1, 0.15) is 0 Å². The van der Waals surface area contributed by atoms with Crippen LogP contribution in [-0.4, -0.2) is 60.2 Å². The van der Waals surface area contributed by atoms with Gasteiger partial charge >= 0.3 is 0 Å². The lowest BCUT2D eigenvalue weighted by Crippen LogP contribution is -2.49. The maximum Gasteiger partial charge on any atom is 0.227 e.